The van der Waals surface area contributed by atoms with Gasteiger partial charge in [0, 0.05) is 6.54 Å². The smallest absolute Gasteiger partial charge is 0.00157 e. The maximum atomic E-state index is 2.25. The zero-order chi connectivity index (χ0) is 11.0. The second-order valence-electron chi connectivity index (χ2n) is 3.54. The van der Waals surface area contributed by atoms with Crippen molar-refractivity contribution in [2.24, 2.45) is 0 Å². The molecule has 0 N–H and O–H groups in total. The Morgan fingerprint density at radius 3 is 2.29 bits per heavy atom. The van der Waals surface area contributed by atoms with Crippen molar-refractivity contribution in [2.45, 2.75) is 27.2 Å². The molecule has 1 rings (SSSR count). The average Bonchev–Trinajstić information content (AvgIpc) is 2.18. The molecule has 1 nitrogen and oxygen atoms in total. The van der Waals surface area contributed by atoms with Crippen LogP contribution in [0.25, 0.3) is 0 Å². The van der Waals surface area contributed by atoms with Gasteiger partial charge in [0.05, 0.1) is 0 Å². The van der Waals surface area contributed by atoms with Crippen molar-refractivity contribution in [2.75, 3.05) is 20.6 Å². The first-order chi connectivity index (χ1) is 6.68. The molecule has 0 fully saturated rings. The molecular weight excluding hydrogens is 170 g/mol. The molecule has 0 heterocycles. The number of benzene rings is 1. The first-order valence-corrected chi connectivity index (χ1v) is 5.39. The van der Waals surface area contributed by atoms with Crippen LogP contribution in [0.4, 0.5) is 0 Å². The molecular formula is C13H23N. The summed E-state index contributed by atoms with van der Waals surface area (Å²) in [7, 11) is 4.21. The lowest BCUT2D eigenvalue weighted by Crippen LogP contribution is -2.14. The van der Waals surface area contributed by atoms with E-state index in [2.05, 4.69) is 50.2 Å². The Morgan fingerprint density at radius 1 is 1.14 bits per heavy atom. The first kappa shape index (κ1) is 13.2. The Kier molecular flexibility index (Phi) is 7.13. The summed E-state index contributed by atoms with van der Waals surface area (Å²) in [5.74, 6) is 0. The predicted molar refractivity (Wildman–Crippen MR) is 64.8 cm³/mol. The third-order valence-electron chi connectivity index (χ3n) is 1.93. The van der Waals surface area contributed by atoms with E-state index in [0.717, 1.165) is 13.0 Å². The van der Waals surface area contributed by atoms with Gasteiger partial charge in [-0.2, -0.15) is 0 Å². The Bertz CT molecular complexity index is 241. The maximum Gasteiger partial charge on any atom is 0.00157 e. The molecule has 1 aromatic carbocycles. The molecule has 0 aliphatic rings. The van der Waals surface area contributed by atoms with E-state index >= 15 is 0 Å². The van der Waals surface area contributed by atoms with E-state index in [9.17, 15) is 0 Å². The minimum absolute atomic E-state index is 1.13. The highest BCUT2D eigenvalue weighted by Gasteiger charge is 1.94. The molecule has 80 valence electrons. The van der Waals surface area contributed by atoms with Crippen LogP contribution >= 0.6 is 0 Å². The average molecular weight is 193 g/mol. The summed E-state index contributed by atoms with van der Waals surface area (Å²) in [4.78, 5) is 2.21. The van der Waals surface area contributed by atoms with Gasteiger partial charge in [-0.15, -0.1) is 0 Å². The zero-order valence-corrected chi connectivity index (χ0v) is 10.2. The van der Waals surface area contributed by atoms with Crippen molar-refractivity contribution in [3.05, 3.63) is 35.4 Å². The van der Waals surface area contributed by atoms with Crippen molar-refractivity contribution in [1.29, 1.82) is 0 Å². The molecule has 0 amide bonds. The van der Waals surface area contributed by atoms with Gasteiger partial charge in [0.15, 0.2) is 0 Å². The van der Waals surface area contributed by atoms with Crippen LogP contribution in [0, 0.1) is 6.92 Å². The van der Waals surface area contributed by atoms with Crippen molar-refractivity contribution in [1.82, 2.24) is 4.90 Å². The summed E-state index contributed by atoms with van der Waals surface area (Å²) in [5, 5.41) is 0. The molecule has 1 aromatic rings. The van der Waals surface area contributed by atoms with Gasteiger partial charge in [0.1, 0.15) is 0 Å². The number of rotatable bonds is 3. The molecule has 0 bridgehead atoms. The Morgan fingerprint density at radius 2 is 1.79 bits per heavy atom. The summed E-state index contributed by atoms with van der Waals surface area (Å²) in [6.45, 7) is 7.27. The summed E-state index contributed by atoms with van der Waals surface area (Å²) < 4.78 is 0. The summed E-state index contributed by atoms with van der Waals surface area (Å²) in [5.41, 5.74) is 2.79. The third kappa shape index (κ3) is 5.76. The fourth-order valence-corrected chi connectivity index (χ4v) is 1.22. The van der Waals surface area contributed by atoms with Crippen LogP contribution in [-0.2, 0) is 6.42 Å². The summed E-state index contributed by atoms with van der Waals surface area (Å²) in [6.07, 6.45) is 1.15. The van der Waals surface area contributed by atoms with Gasteiger partial charge in [0.2, 0.25) is 0 Å². The largest absolute Gasteiger partial charge is 0.309 e. The highest BCUT2D eigenvalue weighted by atomic mass is 15.0. The minimum Gasteiger partial charge on any atom is -0.309 e. The van der Waals surface area contributed by atoms with Gasteiger partial charge in [0.25, 0.3) is 0 Å². The van der Waals surface area contributed by atoms with E-state index in [1.54, 1.807) is 0 Å². The summed E-state index contributed by atoms with van der Waals surface area (Å²) >= 11 is 0. The monoisotopic (exact) mass is 193 g/mol. The van der Waals surface area contributed by atoms with Crippen LogP contribution in [0.3, 0.4) is 0 Å². The highest BCUT2D eigenvalue weighted by Crippen LogP contribution is 2.04. The molecule has 0 radical (unpaired) electrons. The maximum absolute atomic E-state index is 2.25. The molecule has 0 saturated heterocycles. The van der Waals surface area contributed by atoms with Crippen LogP contribution in [0.1, 0.15) is 25.0 Å². The number of nitrogens with zero attached hydrogens (tertiary/aromatic N) is 1. The fraction of sp³-hybridized carbons (Fsp3) is 0.538. The van der Waals surface area contributed by atoms with Crippen LogP contribution in [0.2, 0.25) is 0 Å². The van der Waals surface area contributed by atoms with Gasteiger partial charge >= 0.3 is 0 Å². The molecule has 0 spiro atoms. The van der Waals surface area contributed by atoms with Crippen LogP contribution in [0.5, 0.6) is 0 Å². The van der Waals surface area contributed by atoms with E-state index in [-0.39, 0.29) is 0 Å². The molecule has 0 saturated carbocycles. The van der Waals surface area contributed by atoms with Crippen molar-refractivity contribution < 1.29 is 0 Å². The quantitative estimate of drug-likeness (QED) is 0.713. The number of hydrogen-bond donors (Lipinski definition) is 0. The normalized spacial score (nSPS) is 9.57. The van der Waals surface area contributed by atoms with Gasteiger partial charge in [-0.1, -0.05) is 43.7 Å². The van der Waals surface area contributed by atoms with Gasteiger partial charge < -0.3 is 4.90 Å². The lowest BCUT2D eigenvalue weighted by atomic mass is 10.1. The van der Waals surface area contributed by atoms with E-state index in [1.165, 1.54) is 11.1 Å². The van der Waals surface area contributed by atoms with Crippen LogP contribution in [0.15, 0.2) is 24.3 Å². The van der Waals surface area contributed by atoms with Crippen LogP contribution < -0.4 is 0 Å². The molecule has 0 unspecified atom stereocenters. The SMILES string of the molecule is CC.Cc1cccc(CCN(C)C)c1. The topological polar surface area (TPSA) is 3.24 Å². The van der Waals surface area contributed by atoms with Crippen molar-refractivity contribution in [3.8, 4) is 0 Å². The standard InChI is InChI=1S/C11H17N.C2H6/c1-10-5-4-6-11(9-10)7-8-12(2)3;1-2/h4-6,9H,7-8H2,1-3H3;1-2H3. The number of likely N-dealkylation sites (N-methyl/N-ethyl adjacent to an activating group) is 1. The van der Waals surface area contributed by atoms with E-state index < -0.39 is 0 Å². The minimum atomic E-state index is 1.13. The number of aryl methyl sites for hydroxylation is 1. The highest BCUT2D eigenvalue weighted by molar-refractivity contribution is 5.22. The van der Waals surface area contributed by atoms with Crippen LogP contribution in [-0.4, -0.2) is 25.5 Å². The lowest BCUT2D eigenvalue weighted by molar-refractivity contribution is 0.413. The summed E-state index contributed by atoms with van der Waals surface area (Å²) in [6, 6.07) is 8.71. The van der Waals surface area contributed by atoms with Crippen molar-refractivity contribution in [3.63, 3.8) is 0 Å². The fourth-order valence-electron chi connectivity index (χ4n) is 1.22. The molecule has 1 heteroatoms. The van der Waals surface area contributed by atoms with Gasteiger partial charge in [-0.3, -0.25) is 0 Å². The molecule has 14 heavy (non-hydrogen) atoms. The van der Waals surface area contributed by atoms with E-state index in [4.69, 9.17) is 0 Å². The molecule has 0 aromatic heterocycles. The lowest BCUT2D eigenvalue weighted by Gasteiger charge is -2.09. The Labute approximate surface area is 88.8 Å². The Balaban J connectivity index is 0.000000791. The Hall–Kier alpha value is -0.820. The zero-order valence-electron chi connectivity index (χ0n) is 10.2. The number of hydrogen-bond acceptors (Lipinski definition) is 1. The van der Waals surface area contributed by atoms with E-state index in [0.29, 0.717) is 0 Å². The second kappa shape index (κ2) is 7.57. The van der Waals surface area contributed by atoms with Crippen molar-refractivity contribution >= 4 is 0 Å². The van der Waals surface area contributed by atoms with Gasteiger partial charge in [-0.05, 0) is 33.0 Å². The van der Waals surface area contributed by atoms with E-state index in [1.807, 2.05) is 13.8 Å². The molecule has 0 atom stereocenters. The molecule has 0 aliphatic carbocycles. The first-order valence-electron chi connectivity index (χ1n) is 5.39. The third-order valence-corrected chi connectivity index (χ3v) is 1.93. The van der Waals surface area contributed by atoms with Gasteiger partial charge in [-0.25, -0.2) is 0 Å². The second-order valence-corrected chi connectivity index (χ2v) is 3.54. The molecule has 0 aliphatic heterocycles. The predicted octanol–water partition coefficient (Wildman–Crippen LogP) is 3.13.